The minimum atomic E-state index is -0.188. The van der Waals surface area contributed by atoms with Crippen LogP contribution in [0.25, 0.3) is 0 Å². The smallest absolute Gasteiger partial charge is 0.271 e. The van der Waals surface area contributed by atoms with E-state index in [4.69, 9.17) is 5.73 Å². The number of nitrogens with zero attached hydrogens (tertiary/aromatic N) is 3. The highest BCUT2D eigenvalue weighted by molar-refractivity contribution is 5.92. The summed E-state index contributed by atoms with van der Waals surface area (Å²) in [5.41, 5.74) is 6.28. The molecular weight excluding hydrogens is 230 g/mol. The number of hydrogen-bond acceptors (Lipinski definition) is 5. The van der Waals surface area contributed by atoms with Crippen LogP contribution in [-0.2, 0) is 0 Å². The third-order valence-corrected chi connectivity index (χ3v) is 3.00. The maximum atomic E-state index is 11.5. The van der Waals surface area contributed by atoms with E-state index in [2.05, 4.69) is 20.4 Å². The van der Waals surface area contributed by atoms with Crippen molar-refractivity contribution in [2.75, 3.05) is 24.5 Å². The fourth-order valence-corrected chi connectivity index (χ4v) is 2.08. The quantitative estimate of drug-likeness (QED) is 0.797. The van der Waals surface area contributed by atoms with Crippen LogP contribution >= 0.6 is 0 Å². The SMILES string of the molecule is CCNC(=O)c1ccc(N2CCC[C@@H](N)C2)nn1. The summed E-state index contributed by atoms with van der Waals surface area (Å²) < 4.78 is 0. The second-order valence-electron chi connectivity index (χ2n) is 4.48. The van der Waals surface area contributed by atoms with Gasteiger partial charge in [-0.1, -0.05) is 0 Å². The molecule has 6 nitrogen and oxygen atoms in total. The first-order valence-electron chi connectivity index (χ1n) is 6.33. The van der Waals surface area contributed by atoms with Gasteiger partial charge in [0.1, 0.15) is 0 Å². The Kier molecular flexibility index (Phi) is 4.09. The van der Waals surface area contributed by atoms with Crippen molar-refractivity contribution in [3.8, 4) is 0 Å². The Hall–Kier alpha value is -1.69. The molecule has 1 saturated heterocycles. The molecule has 0 saturated carbocycles. The van der Waals surface area contributed by atoms with E-state index in [0.29, 0.717) is 12.2 Å². The Morgan fingerprint density at radius 1 is 1.56 bits per heavy atom. The van der Waals surface area contributed by atoms with E-state index in [1.807, 2.05) is 13.0 Å². The first kappa shape index (κ1) is 12.8. The molecule has 0 unspecified atom stereocenters. The standard InChI is InChI=1S/C12H19N5O/c1-2-14-12(18)10-5-6-11(16-15-10)17-7-3-4-9(13)8-17/h5-6,9H,2-4,7-8,13H2,1H3,(H,14,18)/t9-/m1/s1. The summed E-state index contributed by atoms with van der Waals surface area (Å²) in [5.74, 6) is 0.602. The third kappa shape index (κ3) is 2.95. The number of amides is 1. The van der Waals surface area contributed by atoms with Crippen molar-refractivity contribution >= 4 is 11.7 Å². The molecule has 1 amide bonds. The zero-order valence-electron chi connectivity index (χ0n) is 10.6. The van der Waals surface area contributed by atoms with E-state index in [1.165, 1.54) is 0 Å². The highest BCUT2D eigenvalue weighted by Gasteiger charge is 2.18. The first-order valence-corrected chi connectivity index (χ1v) is 6.33. The second-order valence-corrected chi connectivity index (χ2v) is 4.48. The lowest BCUT2D eigenvalue weighted by Crippen LogP contribution is -2.43. The lowest BCUT2D eigenvalue weighted by atomic mass is 10.1. The Morgan fingerprint density at radius 2 is 2.39 bits per heavy atom. The number of hydrogen-bond donors (Lipinski definition) is 2. The molecule has 0 aliphatic carbocycles. The van der Waals surface area contributed by atoms with Gasteiger partial charge >= 0.3 is 0 Å². The fraction of sp³-hybridized carbons (Fsp3) is 0.583. The normalized spacial score (nSPS) is 19.7. The topological polar surface area (TPSA) is 84.1 Å². The molecule has 0 radical (unpaired) electrons. The van der Waals surface area contributed by atoms with Gasteiger partial charge in [-0.05, 0) is 31.9 Å². The van der Waals surface area contributed by atoms with Gasteiger partial charge in [-0.15, -0.1) is 10.2 Å². The minimum Gasteiger partial charge on any atom is -0.354 e. The van der Waals surface area contributed by atoms with Crippen LogP contribution in [0.3, 0.4) is 0 Å². The van der Waals surface area contributed by atoms with Gasteiger partial charge in [-0.25, -0.2) is 0 Å². The average molecular weight is 249 g/mol. The van der Waals surface area contributed by atoms with Gasteiger partial charge in [0.15, 0.2) is 11.5 Å². The van der Waals surface area contributed by atoms with E-state index in [1.54, 1.807) is 6.07 Å². The van der Waals surface area contributed by atoms with Crippen molar-refractivity contribution in [1.29, 1.82) is 0 Å². The van der Waals surface area contributed by atoms with Gasteiger partial charge < -0.3 is 16.0 Å². The van der Waals surface area contributed by atoms with Crippen molar-refractivity contribution in [1.82, 2.24) is 15.5 Å². The second kappa shape index (κ2) is 5.77. The summed E-state index contributed by atoms with van der Waals surface area (Å²) in [6, 6.07) is 3.73. The van der Waals surface area contributed by atoms with Crippen molar-refractivity contribution in [2.24, 2.45) is 5.73 Å². The molecular formula is C12H19N5O. The van der Waals surface area contributed by atoms with E-state index in [-0.39, 0.29) is 11.9 Å². The molecule has 0 spiro atoms. The maximum Gasteiger partial charge on any atom is 0.271 e. The van der Waals surface area contributed by atoms with Crippen molar-refractivity contribution in [2.45, 2.75) is 25.8 Å². The summed E-state index contributed by atoms with van der Waals surface area (Å²) in [6.45, 7) is 4.20. The van der Waals surface area contributed by atoms with Crippen molar-refractivity contribution in [3.05, 3.63) is 17.8 Å². The van der Waals surface area contributed by atoms with Crippen LogP contribution in [0.1, 0.15) is 30.3 Å². The highest BCUT2D eigenvalue weighted by Crippen LogP contribution is 2.16. The summed E-state index contributed by atoms with van der Waals surface area (Å²) in [6.07, 6.45) is 2.13. The Labute approximate surface area is 107 Å². The molecule has 1 aromatic heterocycles. The Balaban J connectivity index is 2.05. The third-order valence-electron chi connectivity index (χ3n) is 3.00. The number of nitrogens with one attached hydrogen (secondary N) is 1. The van der Waals surface area contributed by atoms with E-state index in [9.17, 15) is 4.79 Å². The Morgan fingerprint density at radius 3 is 3.00 bits per heavy atom. The predicted octanol–water partition coefficient (Wildman–Crippen LogP) is 0.154. The molecule has 1 aliphatic heterocycles. The lowest BCUT2D eigenvalue weighted by molar-refractivity contribution is 0.0950. The van der Waals surface area contributed by atoms with Crippen LogP contribution < -0.4 is 16.0 Å². The van der Waals surface area contributed by atoms with Crippen molar-refractivity contribution in [3.63, 3.8) is 0 Å². The summed E-state index contributed by atoms with van der Waals surface area (Å²) in [7, 11) is 0. The largest absolute Gasteiger partial charge is 0.354 e. The number of aromatic nitrogens is 2. The monoisotopic (exact) mass is 249 g/mol. The van der Waals surface area contributed by atoms with Gasteiger partial charge in [-0.2, -0.15) is 0 Å². The molecule has 6 heteroatoms. The van der Waals surface area contributed by atoms with Crippen LogP contribution in [0.15, 0.2) is 12.1 Å². The minimum absolute atomic E-state index is 0.188. The van der Waals surface area contributed by atoms with Crippen LogP contribution in [0, 0.1) is 0 Å². The summed E-state index contributed by atoms with van der Waals surface area (Å²) in [5, 5.41) is 10.7. The molecule has 0 aromatic carbocycles. The van der Waals surface area contributed by atoms with E-state index < -0.39 is 0 Å². The van der Waals surface area contributed by atoms with Gasteiger partial charge in [0, 0.05) is 25.7 Å². The van der Waals surface area contributed by atoms with Crippen LogP contribution in [0.4, 0.5) is 5.82 Å². The molecule has 1 atom stereocenters. The highest BCUT2D eigenvalue weighted by atomic mass is 16.1. The molecule has 2 heterocycles. The lowest BCUT2D eigenvalue weighted by Gasteiger charge is -2.31. The molecule has 1 aliphatic rings. The number of anilines is 1. The molecule has 1 aromatic rings. The molecule has 18 heavy (non-hydrogen) atoms. The number of nitrogens with two attached hydrogens (primary N) is 1. The number of carbonyl (C=O) groups excluding carboxylic acids is 1. The number of carbonyl (C=O) groups is 1. The maximum absolute atomic E-state index is 11.5. The summed E-state index contributed by atoms with van der Waals surface area (Å²) in [4.78, 5) is 13.7. The van der Waals surface area contributed by atoms with E-state index >= 15 is 0 Å². The van der Waals surface area contributed by atoms with Crippen LogP contribution in [-0.4, -0.2) is 41.8 Å². The molecule has 2 rings (SSSR count). The van der Waals surface area contributed by atoms with Gasteiger partial charge in [0.2, 0.25) is 0 Å². The predicted molar refractivity (Wildman–Crippen MR) is 69.5 cm³/mol. The van der Waals surface area contributed by atoms with Gasteiger partial charge in [0.05, 0.1) is 0 Å². The fourth-order valence-electron chi connectivity index (χ4n) is 2.08. The van der Waals surface area contributed by atoms with Crippen LogP contribution in [0.5, 0.6) is 0 Å². The van der Waals surface area contributed by atoms with Crippen molar-refractivity contribution < 1.29 is 4.79 Å². The van der Waals surface area contributed by atoms with Crippen LogP contribution in [0.2, 0.25) is 0 Å². The molecule has 98 valence electrons. The number of piperidine rings is 1. The van der Waals surface area contributed by atoms with E-state index in [0.717, 1.165) is 31.7 Å². The molecule has 0 bridgehead atoms. The molecule has 3 N–H and O–H groups in total. The number of rotatable bonds is 3. The zero-order valence-corrected chi connectivity index (χ0v) is 10.6. The average Bonchev–Trinajstić information content (AvgIpc) is 2.39. The van der Waals surface area contributed by atoms with Gasteiger partial charge in [0.25, 0.3) is 5.91 Å². The first-order chi connectivity index (χ1) is 8.70. The summed E-state index contributed by atoms with van der Waals surface area (Å²) >= 11 is 0. The Bertz CT molecular complexity index is 405. The zero-order chi connectivity index (χ0) is 13.0. The molecule has 1 fully saturated rings. The van der Waals surface area contributed by atoms with Gasteiger partial charge in [-0.3, -0.25) is 4.79 Å².